The van der Waals surface area contributed by atoms with Gasteiger partial charge in [-0.15, -0.1) is 5.10 Å². The lowest BCUT2D eigenvalue weighted by molar-refractivity contribution is -0.125. The van der Waals surface area contributed by atoms with E-state index in [2.05, 4.69) is 34.3 Å². The van der Waals surface area contributed by atoms with E-state index in [1.54, 1.807) is 0 Å². The molecule has 170 valence electrons. The van der Waals surface area contributed by atoms with Gasteiger partial charge in [-0.3, -0.25) is 4.79 Å². The number of rotatable bonds is 6. The van der Waals surface area contributed by atoms with Crippen molar-refractivity contribution in [2.75, 3.05) is 24.5 Å². The minimum absolute atomic E-state index is 0.0477. The van der Waals surface area contributed by atoms with E-state index in [0.29, 0.717) is 17.5 Å². The zero-order chi connectivity index (χ0) is 22.8. The molecule has 1 saturated heterocycles. The van der Waals surface area contributed by atoms with Crippen molar-refractivity contribution in [3.63, 3.8) is 0 Å². The molecule has 2 aromatic heterocycles. The van der Waals surface area contributed by atoms with E-state index in [4.69, 9.17) is 16.7 Å². The molecule has 3 heterocycles. The number of halogens is 1. The summed E-state index contributed by atoms with van der Waals surface area (Å²) in [7, 11) is 0. The molecular formula is C24H31ClN6O. The molecule has 32 heavy (non-hydrogen) atoms. The van der Waals surface area contributed by atoms with Crippen LogP contribution in [0, 0.1) is 25.7 Å². The monoisotopic (exact) mass is 454 g/mol. The predicted molar refractivity (Wildman–Crippen MR) is 129 cm³/mol. The van der Waals surface area contributed by atoms with Gasteiger partial charge in [0.05, 0.1) is 28.4 Å². The third-order valence-electron chi connectivity index (χ3n) is 6.17. The number of benzene rings is 1. The summed E-state index contributed by atoms with van der Waals surface area (Å²) in [5, 5.41) is 18.7. The highest BCUT2D eigenvalue weighted by Gasteiger charge is 2.29. The molecule has 1 atom stereocenters. The van der Waals surface area contributed by atoms with Gasteiger partial charge in [0.1, 0.15) is 5.52 Å². The van der Waals surface area contributed by atoms with E-state index in [1.165, 1.54) is 0 Å². The third-order valence-corrected chi connectivity index (χ3v) is 6.42. The zero-order valence-electron chi connectivity index (χ0n) is 19.2. The van der Waals surface area contributed by atoms with Crippen molar-refractivity contribution >= 4 is 34.2 Å². The summed E-state index contributed by atoms with van der Waals surface area (Å²) >= 11 is 6.07. The van der Waals surface area contributed by atoms with Gasteiger partial charge in [-0.2, -0.15) is 10.2 Å². The van der Waals surface area contributed by atoms with Crippen LogP contribution in [0.25, 0.3) is 16.6 Å². The van der Waals surface area contributed by atoms with Crippen molar-refractivity contribution in [3.05, 3.63) is 40.7 Å². The number of piperidine rings is 1. The fourth-order valence-electron chi connectivity index (χ4n) is 4.37. The van der Waals surface area contributed by atoms with E-state index < -0.39 is 0 Å². The largest absolute Gasteiger partial charge is 0.356 e. The molecule has 0 spiro atoms. The maximum Gasteiger partial charge on any atom is 0.224 e. The van der Waals surface area contributed by atoms with Crippen LogP contribution >= 0.6 is 11.6 Å². The SMILES string of the molecule is Cc1nnc(N2CCC[C@@H](C(=O)NCCC(C)C)C2)c2nn(-c3ccc(Cl)cc3)c(C)c12. The van der Waals surface area contributed by atoms with Crippen LogP contribution in [-0.2, 0) is 4.79 Å². The highest BCUT2D eigenvalue weighted by atomic mass is 35.5. The van der Waals surface area contributed by atoms with Crippen molar-refractivity contribution < 1.29 is 4.79 Å². The van der Waals surface area contributed by atoms with Crippen LogP contribution in [0.1, 0.15) is 44.5 Å². The summed E-state index contributed by atoms with van der Waals surface area (Å²) in [5.41, 5.74) is 3.62. The first-order valence-corrected chi connectivity index (χ1v) is 11.7. The second-order valence-electron chi connectivity index (χ2n) is 9.06. The topological polar surface area (TPSA) is 75.9 Å². The number of nitrogens with one attached hydrogen (secondary N) is 1. The lowest BCUT2D eigenvalue weighted by atomic mass is 9.96. The maximum absolute atomic E-state index is 12.7. The Morgan fingerprint density at radius 2 is 1.97 bits per heavy atom. The van der Waals surface area contributed by atoms with Crippen molar-refractivity contribution in [1.29, 1.82) is 0 Å². The second-order valence-corrected chi connectivity index (χ2v) is 9.50. The molecule has 0 aliphatic carbocycles. The Balaban J connectivity index is 1.62. The van der Waals surface area contributed by atoms with Gasteiger partial charge in [-0.25, -0.2) is 4.68 Å². The van der Waals surface area contributed by atoms with E-state index in [0.717, 1.165) is 66.1 Å². The number of hydrogen-bond acceptors (Lipinski definition) is 5. The molecule has 0 saturated carbocycles. The second kappa shape index (κ2) is 9.45. The lowest BCUT2D eigenvalue weighted by Crippen LogP contribution is -2.43. The van der Waals surface area contributed by atoms with Gasteiger partial charge < -0.3 is 10.2 Å². The number of anilines is 1. The first-order chi connectivity index (χ1) is 15.3. The quantitative estimate of drug-likeness (QED) is 0.594. The Hall–Kier alpha value is -2.67. The first-order valence-electron chi connectivity index (χ1n) is 11.4. The minimum atomic E-state index is -0.0477. The van der Waals surface area contributed by atoms with Gasteiger partial charge >= 0.3 is 0 Å². The number of aryl methyl sites for hydroxylation is 2. The molecule has 1 N–H and O–H groups in total. The summed E-state index contributed by atoms with van der Waals surface area (Å²) in [6.45, 7) is 10.5. The first kappa shape index (κ1) is 22.5. The molecule has 0 unspecified atom stereocenters. The Morgan fingerprint density at radius 1 is 1.22 bits per heavy atom. The van der Waals surface area contributed by atoms with Gasteiger partial charge in [0.25, 0.3) is 0 Å². The van der Waals surface area contributed by atoms with Crippen LogP contribution in [0.2, 0.25) is 5.02 Å². The molecular weight excluding hydrogens is 424 g/mol. The zero-order valence-corrected chi connectivity index (χ0v) is 20.0. The smallest absolute Gasteiger partial charge is 0.224 e. The van der Waals surface area contributed by atoms with Crippen LogP contribution in [0.5, 0.6) is 0 Å². The molecule has 4 rings (SSSR count). The molecule has 1 aromatic carbocycles. The molecule has 7 nitrogen and oxygen atoms in total. The molecule has 3 aromatic rings. The summed E-state index contributed by atoms with van der Waals surface area (Å²) < 4.78 is 1.92. The van der Waals surface area contributed by atoms with Gasteiger partial charge in [0.2, 0.25) is 5.91 Å². The minimum Gasteiger partial charge on any atom is -0.356 e. The van der Waals surface area contributed by atoms with Crippen LogP contribution < -0.4 is 10.2 Å². The average molecular weight is 455 g/mol. The van der Waals surface area contributed by atoms with Crippen molar-refractivity contribution in [1.82, 2.24) is 25.3 Å². The molecule has 8 heteroatoms. The Kier molecular flexibility index (Phi) is 6.65. The number of carbonyl (C=O) groups is 1. The number of nitrogens with zero attached hydrogens (tertiary/aromatic N) is 5. The third kappa shape index (κ3) is 4.58. The molecule has 1 amide bonds. The normalized spacial score (nSPS) is 16.7. The fraction of sp³-hybridized carbons (Fsp3) is 0.500. The van der Waals surface area contributed by atoms with Crippen LogP contribution in [0.4, 0.5) is 5.82 Å². The summed E-state index contributed by atoms with van der Waals surface area (Å²) in [6, 6.07) is 7.63. The maximum atomic E-state index is 12.7. The number of hydrogen-bond donors (Lipinski definition) is 1. The van der Waals surface area contributed by atoms with E-state index in [-0.39, 0.29) is 11.8 Å². The van der Waals surface area contributed by atoms with Gasteiger partial charge in [0, 0.05) is 24.7 Å². The fourth-order valence-corrected chi connectivity index (χ4v) is 4.50. The van der Waals surface area contributed by atoms with Crippen LogP contribution in [-0.4, -0.2) is 45.5 Å². The summed E-state index contributed by atoms with van der Waals surface area (Å²) in [5.74, 6) is 1.41. The average Bonchev–Trinajstić information content (AvgIpc) is 3.12. The Bertz CT molecular complexity index is 1110. The van der Waals surface area contributed by atoms with Gasteiger partial charge in [-0.05, 0) is 63.3 Å². The van der Waals surface area contributed by atoms with E-state index >= 15 is 0 Å². The standard InChI is InChI=1S/C24H31ClN6O/c1-15(2)11-12-26-24(32)18-6-5-13-30(14-18)23-22-21(16(3)27-28-23)17(4)31(29-22)20-9-7-19(25)8-10-20/h7-10,15,18H,5-6,11-14H2,1-4H3,(H,26,32)/t18-/m1/s1. The number of fused-ring (bicyclic) bond motifs is 1. The lowest BCUT2D eigenvalue weighted by Gasteiger charge is -2.32. The molecule has 0 radical (unpaired) electrons. The predicted octanol–water partition coefficient (Wildman–Crippen LogP) is 4.46. The summed E-state index contributed by atoms with van der Waals surface area (Å²) in [4.78, 5) is 14.9. The van der Waals surface area contributed by atoms with Crippen LogP contribution in [0.15, 0.2) is 24.3 Å². The van der Waals surface area contributed by atoms with Crippen molar-refractivity contribution in [2.45, 2.75) is 47.0 Å². The molecule has 0 bridgehead atoms. The molecule has 1 aliphatic heterocycles. The highest BCUT2D eigenvalue weighted by Crippen LogP contribution is 2.31. The Morgan fingerprint density at radius 3 is 2.69 bits per heavy atom. The molecule has 1 aliphatic rings. The summed E-state index contributed by atoms with van der Waals surface area (Å²) in [6.07, 6.45) is 2.83. The number of amides is 1. The van der Waals surface area contributed by atoms with E-state index in [9.17, 15) is 4.79 Å². The van der Waals surface area contributed by atoms with Gasteiger partial charge in [0.15, 0.2) is 5.82 Å². The van der Waals surface area contributed by atoms with E-state index in [1.807, 2.05) is 42.8 Å². The van der Waals surface area contributed by atoms with Crippen molar-refractivity contribution in [3.8, 4) is 5.69 Å². The van der Waals surface area contributed by atoms with Gasteiger partial charge in [-0.1, -0.05) is 25.4 Å². The molecule has 1 fully saturated rings. The highest BCUT2D eigenvalue weighted by molar-refractivity contribution is 6.30. The van der Waals surface area contributed by atoms with Crippen molar-refractivity contribution in [2.24, 2.45) is 11.8 Å². The van der Waals surface area contributed by atoms with Crippen LogP contribution in [0.3, 0.4) is 0 Å². The number of aromatic nitrogens is 4. The number of carbonyl (C=O) groups excluding carboxylic acids is 1. The Labute approximate surface area is 194 Å².